The van der Waals surface area contributed by atoms with Crippen LogP contribution in [-0.4, -0.2) is 32.4 Å². The quantitative estimate of drug-likeness (QED) is 0.419. The van der Waals surface area contributed by atoms with E-state index in [0.717, 1.165) is 39.0 Å². The van der Waals surface area contributed by atoms with E-state index in [1.807, 2.05) is 13.1 Å². The number of aliphatic imine (C=N–C) groups is 1. The summed E-state index contributed by atoms with van der Waals surface area (Å²) >= 11 is 0. The Hall–Kier alpha value is -0.410. The fourth-order valence-electron chi connectivity index (χ4n) is 0.944. The van der Waals surface area contributed by atoms with Gasteiger partial charge in [0, 0.05) is 6.54 Å². The summed E-state index contributed by atoms with van der Waals surface area (Å²) in [6.07, 6.45) is 5.30. The van der Waals surface area contributed by atoms with Crippen LogP contribution in [0.25, 0.3) is 0 Å². The van der Waals surface area contributed by atoms with Gasteiger partial charge < -0.3 is 11.1 Å². The Kier molecular flexibility index (Phi) is 10.2. The zero-order chi connectivity index (χ0) is 9.07. The highest BCUT2D eigenvalue weighted by molar-refractivity contribution is 5.53. The lowest BCUT2D eigenvalue weighted by Gasteiger charge is -2.01. The molecule has 0 spiro atoms. The fourth-order valence-corrected chi connectivity index (χ4v) is 0.944. The van der Waals surface area contributed by atoms with Gasteiger partial charge in [0.1, 0.15) is 0 Å². The minimum Gasteiger partial charge on any atom is -0.330 e. The zero-order valence-electron chi connectivity index (χ0n) is 8.05. The van der Waals surface area contributed by atoms with Crippen LogP contribution in [0.5, 0.6) is 0 Å². The minimum atomic E-state index is 0.807. The summed E-state index contributed by atoms with van der Waals surface area (Å²) in [7, 11) is 0. The van der Waals surface area contributed by atoms with Crippen molar-refractivity contribution < 1.29 is 0 Å². The monoisotopic (exact) mass is 171 g/mol. The maximum atomic E-state index is 5.36. The van der Waals surface area contributed by atoms with Gasteiger partial charge in [0.15, 0.2) is 0 Å². The molecule has 0 rings (SSSR count). The highest BCUT2D eigenvalue weighted by Crippen LogP contribution is 1.83. The summed E-state index contributed by atoms with van der Waals surface area (Å²) in [6.45, 7) is 5.87. The van der Waals surface area contributed by atoms with Crippen LogP contribution >= 0.6 is 0 Å². The van der Waals surface area contributed by atoms with Crippen LogP contribution in [-0.2, 0) is 0 Å². The number of nitrogens with one attached hydrogen (secondary N) is 1. The summed E-state index contributed by atoms with van der Waals surface area (Å²) in [4.78, 5) is 4.12. The molecular formula is C9H21N3. The molecule has 0 atom stereocenters. The maximum absolute atomic E-state index is 5.36. The van der Waals surface area contributed by atoms with Crippen molar-refractivity contribution in [1.29, 1.82) is 0 Å². The molecule has 0 saturated heterocycles. The van der Waals surface area contributed by atoms with Crippen LogP contribution in [0.1, 0.15) is 26.2 Å². The highest BCUT2D eigenvalue weighted by atomic mass is 14.8. The van der Waals surface area contributed by atoms with Crippen molar-refractivity contribution in [3.63, 3.8) is 0 Å². The molecule has 3 nitrogen and oxygen atoms in total. The van der Waals surface area contributed by atoms with Crippen molar-refractivity contribution in [3.05, 3.63) is 0 Å². The van der Waals surface area contributed by atoms with Crippen LogP contribution in [0, 0.1) is 0 Å². The molecule has 3 N–H and O–H groups in total. The van der Waals surface area contributed by atoms with Gasteiger partial charge in [-0.05, 0) is 52.0 Å². The maximum Gasteiger partial charge on any atom is 0.0397 e. The molecule has 0 aromatic carbocycles. The Morgan fingerprint density at radius 1 is 1.25 bits per heavy atom. The third kappa shape index (κ3) is 9.59. The third-order valence-electron chi connectivity index (χ3n) is 1.63. The van der Waals surface area contributed by atoms with Crippen LogP contribution < -0.4 is 11.1 Å². The number of rotatable bonds is 8. The van der Waals surface area contributed by atoms with Crippen molar-refractivity contribution in [1.82, 2.24) is 5.32 Å². The summed E-state index contributed by atoms with van der Waals surface area (Å²) in [5, 5.41) is 3.35. The Morgan fingerprint density at radius 3 is 2.67 bits per heavy atom. The molecule has 0 unspecified atom stereocenters. The van der Waals surface area contributed by atoms with Gasteiger partial charge in [0.2, 0.25) is 0 Å². The van der Waals surface area contributed by atoms with Crippen LogP contribution in [0.4, 0.5) is 0 Å². The molecule has 3 heteroatoms. The molecule has 0 aliphatic heterocycles. The normalized spacial score (nSPS) is 11.2. The topological polar surface area (TPSA) is 50.4 Å². The summed E-state index contributed by atoms with van der Waals surface area (Å²) < 4.78 is 0. The van der Waals surface area contributed by atoms with E-state index in [9.17, 15) is 0 Å². The average molecular weight is 171 g/mol. The van der Waals surface area contributed by atoms with Crippen LogP contribution in [0.2, 0.25) is 0 Å². The van der Waals surface area contributed by atoms with Gasteiger partial charge in [0.25, 0.3) is 0 Å². The van der Waals surface area contributed by atoms with E-state index in [1.54, 1.807) is 0 Å². The van der Waals surface area contributed by atoms with E-state index < -0.39 is 0 Å². The first-order valence-corrected chi connectivity index (χ1v) is 4.77. The van der Waals surface area contributed by atoms with E-state index in [0.29, 0.717) is 0 Å². The number of unbranched alkanes of at least 4 members (excludes halogenated alkanes) is 1. The zero-order valence-corrected chi connectivity index (χ0v) is 8.05. The van der Waals surface area contributed by atoms with Gasteiger partial charge in [0.05, 0.1) is 0 Å². The second-order valence-electron chi connectivity index (χ2n) is 2.76. The van der Waals surface area contributed by atoms with E-state index >= 15 is 0 Å². The molecule has 0 aromatic rings. The molecule has 0 saturated carbocycles. The smallest absolute Gasteiger partial charge is 0.0397 e. The summed E-state index contributed by atoms with van der Waals surface area (Å²) in [5.41, 5.74) is 5.36. The lowest BCUT2D eigenvalue weighted by atomic mass is 10.3. The third-order valence-corrected chi connectivity index (χ3v) is 1.63. The predicted octanol–water partition coefficient (Wildman–Crippen LogP) is 0.796. The lowest BCUT2D eigenvalue weighted by molar-refractivity contribution is 0.611. The molecule has 0 aromatic heterocycles. The number of hydrogen-bond donors (Lipinski definition) is 2. The van der Waals surface area contributed by atoms with Crippen molar-refractivity contribution in [2.24, 2.45) is 10.7 Å². The van der Waals surface area contributed by atoms with E-state index in [-0.39, 0.29) is 0 Å². The van der Waals surface area contributed by atoms with E-state index in [4.69, 9.17) is 5.73 Å². The Balaban J connectivity index is 2.81. The first-order chi connectivity index (χ1) is 5.91. The first kappa shape index (κ1) is 11.6. The average Bonchev–Trinajstić information content (AvgIpc) is 2.10. The standard InChI is InChI=1S/C9H21N3/c1-2-11-8-5-9-12-7-4-3-6-10/h2,12H,3-10H2,1H3. The number of nitrogens with two attached hydrogens (primary N) is 1. The van der Waals surface area contributed by atoms with Gasteiger partial charge in [-0.3, -0.25) is 4.99 Å². The molecular weight excluding hydrogens is 150 g/mol. The van der Waals surface area contributed by atoms with Gasteiger partial charge in [-0.2, -0.15) is 0 Å². The van der Waals surface area contributed by atoms with E-state index in [2.05, 4.69) is 10.3 Å². The first-order valence-electron chi connectivity index (χ1n) is 4.77. The summed E-state index contributed by atoms with van der Waals surface area (Å²) in [5.74, 6) is 0. The van der Waals surface area contributed by atoms with Gasteiger partial charge in [-0.15, -0.1) is 0 Å². The second-order valence-corrected chi connectivity index (χ2v) is 2.76. The second kappa shape index (κ2) is 10.6. The molecule has 0 aliphatic carbocycles. The van der Waals surface area contributed by atoms with Crippen LogP contribution in [0.3, 0.4) is 0 Å². The molecule has 0 radical (unpaired) electrons. The van der Waals surface area contributed by atoms with Gasteiger partial charge >= 0.3 is 0 Å². The highest BCUT2D eigenvalue weighted by Gasteiger charge is 1.86. The number of nitrogens with zero attached hydrogens (tertiary/aromatic N) is 1. The van der Waals surface area contributed by atoms with Crippen molar-refractivity contribution >= 4 is 6.21 Å². The Bertz CT molecular complexity index is 102. The van der Waals surface area contributed by atoms with Crippen molar-refractivity contribution in [3.8, 4) is 0 Å². The van der Waals surface area contributed by atoms with Gasteiger partial charge in [-0.25, -0.2) is 0 Å². The molecule has 72 valence electrons. The molecule has 0 bridgehead atoms. The molecule has 0 heterocycles. The lowest BCUT2D eigenvalue weighted by Crippen LogP contribution is -2.18. The molecule has 0 fully saturated rings. The largest absolute Gasteiger partial charge is 0.330 e. The molecule has 0 amide bonds. The summed E-state index contributed by atoms with van der Waals surface area (Å²) in [6, 6.07) is 0. The van der Waals surface area contributed by atoms with Gasteiger partial charge in [-0.1, -0.05) is 0 Å². The fraction of sp³-hybridized carbons (Fsp3) is 0.889. The van der Waals surface area contributed by atoms with E-state index in [1.165, 1.54) is 6.42 Å². The number of hydrogen-bond acceptors (Lipinski definition) is 3. The predicted molar refractivity (Wildman–Crippen MR) is 54.8 cm³/mol. The Labute approximate surface area is 75.4 Å². The van der Waals surface area contributed by atoms with Crippen molar-refractivity contribution in [2.45, 2.75) is 26.2 Å². The van der Waals surface area contributed by atoms with Crippen LogP contribution in [0.15, 0.2) is 4.99 Å². The molecule has 12 heavy (non-hydrogen) atoms. The van der Waals surface area contributed by atoms with Crippen molar-refractivity contribution in [2.75, 3.05) is 26.2 Å². The Morgan fingerprint density at radius 2 is 2.00 bits per heavy atom. The SMILES string of the molecule is CC=NCCCNCCCCN. The molecule has 0 aliphatic rings. The minimum absolute atomic E-state index is 0.807.